The molecule has 0 radical (unpaired) electrons. The average Bonchev–Trinajstić information content (AvgIpc) is 2.85. The summed E-state index contributed by atoms with van der Waals surface area (Å²) in [6, 6.07) is 0. The molecule has 150 valence electrons. The number of esters is 1. The summed E-state index contributed by atoms with van der Waals surface area (Å²) in [6.07, 6.45) is 8.85. The van der Waals surface area contributed by atoms with E-state index in [2.05, 4.69) is 19.9 Å². The first-order valence-corrected chi connectivity index (χ1v) is 10.7. The molecule has 1 unspecified atom stereocenters. The van der Waals surface area contributed by atoms with Gasteiger partial charge in [-0.1, -0.05) is 25.5 Å². The van der Waals surface area contributed by atoms with Gasteiger partial charge in [-0.15, -0.1) is 0 Å². The number of carbonyl (C=O) groups excluding carboxylic acids is 2. The van der Waals surface area contributed by atoms with E-state index in [4.69, 9.17) is 4.74 Å². The van der Waals surface area contributed by atoms with Crippen LogP contribution < -0.4 is 0 Å². The first-order chi connectivity index (χ1) is 12.7. The zero-order valence-electron chi connectivity index (χ0n) is 17.2. The zero-order chi connectivity index (χ0) is 19.6. The van der Waals surface area contributed by atoms with Gasteiger partial charge in [0.05, 0.1) is 6.10 Å². The van der Waals surface area contributed by atoms with Crippen molar-refractivity contribution in [3.63, 3.8) is 0 Å². The number of fused-ring (bicyclic) bond motifs is 5. The molecule has 1 N–H and O–H groups in total. The van der Waals surface area contributed by atoms with Crippen molar-refractivity contribution < 1.29 is 19.4 Å². The maximum absolute atomic E-state index is 12.3. The van der Waals surface area contributed by atoms with Gasteiger partial charge in [-0.25, -0.2) is 0 Å². The molecule has 0 bridgehead atoms. The summed E-state index contributed by atoms with van der Waals surface area (Å²) in [5, 5.41) is 10.7. The minimum atomic E-state index is -0.478. The maximum atomic E-state index is 12.3. The van der Waals surface area contributed by atoms with Crippen LogP contribution in [0.25, 0.3) is 0 Å². The Bertz CT molecular complexity index is 682. The molecule has 4 rings (SSSR count). The van der Waals surface area contributed by atoms with Crippen molar-refractivity contribution in [3.8, 4) is 0 Å². The molecule has 8 atom stereocenters. The number of rotatable bonds is 2. The third kappa shape index (κ3) is 2.82. The molecule has 4 nitrogen and oxygen atoms in total. The molecule has 0 spiro atoms. The highest BCUT2D eigenvalue weighted by Crippen LogP contribution is 2.66. The molecular weight excluding hydrogens is 340 g/mol. The largest absolute Gasteiger partial charge is 0.462 e. The minimum absolute atomic E-state index is 0.0302. The second-order valence-electron chi connectivity index (χ2n) is 10.2. The van der Waals surface area contributed by atoms with E-state index in [1.165, 1.54) is 12.5 Å². The van der Waals surface area contributed by atoms with Gasteiger partial charge >= 0.3 is 5.97 Å². The highest BCUT2D eigenvalue weighted by molar-refractivity contribution is 5.80. The molecule has 4 heteroatoms. The molecule has 0 aromatic carbocycles. The van der Waals surface area contributed by atoms with E-state index in [1.807, 2.05) is 0 Å². The Balaban J connectivity index is 1.61. The van der Waals surface area contributed by atoms with E-state index >= 15 is 0 Å². The third-order valence-corrected chi connectivity index (χ3v) is 8.86. The second kappa shape index (κ2) is 6.43. The number of ether oxygens (including phenoxy) is 1. The number of aliphatic hydroxyl groups excluding tert-OH is 1. The Hall–Kier alpha value is -1.16. The van der Waals surface area contributed by atoms with Gasteiger partial charge in [-0.05, 0) is 74.0 Å². The molecular formula is C23H34O4. The molecule has 3 fully saturated rings. The van der Waals surface area contributed by atoms with Crippen LogP contribution in [-0.4, -0.2) is 29.1 Å². The van der Waals surface area contributed by atoms with Crippen LogP contribution in [0.2, 0.25) is 0 Å². The van der Waals surface area contributed by atoms with Crippen LogP contribution in [0.4, 0.5) is 0 Å². The monoisotopic (exact) mass is 374 g/mol. The van der Waals surface area contributed by atoms with E-state index < -0.39 is 6.10 Å². The van der Waals surface area contributed by atoms with Crippen LogP contribution in [-0.2, 0) is 14.3 Å². The average molecular weight is 375 g/mol. The summed E-state index contributed by atoms with van der Waals surface area (Å²) in [5.74, 6) is 1.39. The summed E-state index contributed by atoms with van der Waals surface area (Å²) in [7, 11) is 0. The van der Waals surface area contributed by atoms with Crippen molar-refractivity contribution in [2.75, 3.05) is 0 Å². The molecule has 27 heavy (non-hydrogen) atoms. The Labute approximate surface area is 162 Å². The van der Waals surface area contributed by atoms with Crippen LogP contribution in [0.3, 0.4) is 0 Å². The predicted molar refractivity (Wildman–Crippen MR) is 103 cm³/mol. The molecule has 3 saturated carbocycles. The van der Waals surface area contributed by atoms with Crippen LogP contribution in [0, 0.1) is 34.5 Å². The van der Waals surface area contributed by atoms with Gasteiger partial charge in [0.1, 0.15) is 11.9 Å². The number of ketones is 1. The zero-order valence-corrected chi connectivity index (χ0v) is 17.2. The van der Waals surface area contributed by atoms with E-state index in [1.54, 1.807) is 6.92 Å². The van der Waals surface area contributed by atoms with Gasteiger partial charge in [0.25, 0.3) is 0 Å². The Kier molecular flexibility index (Phi) is 4.57. The lowest BCUT2D eigenvalue weighted by Crippen LogP contribution is -2.51. The predicted octanol–water partition coefficient (Wildman–Crippen LogP) is 4.06. The summed E-state index contributed by atoms with van der Waals surface area (Å²) in [5.41, 5.74) is 1.61. The van der Waals surface area contributed by atoms with Crippen molar-refractivity contribution in [2.24, 2.45) is 34.5 Å². The van der Waals surface area contributed by atoms with Crippen LogP contribution >= 0.6 is 0 Å². The summed E-state index contributed by atoms with van der Waals surface area (Å²) in [6.45, 7) is 7.83. The topological polar surface area (TPSA) is 63.6 Å². The number of aliphatic hydroxyl groups is 1. The Morgan fingerprint density at radius 1 is 1.15 bits per heavy atom. The van der Waals surface area contributed by atoms with E-state index in [9.17, 15) is 14.7 Å². The maximum Gasteiger partial charge on any atom is 0.302 e. The van der Waals surface area contributed by atoms with Gasteiger partial charge in [-0.2, -0.15) is 0 Å². The Morgan fingerprint density at radius 2 is 1.89 bits per heavy atom. The lowest BCUT2D eigenvalue weighted by atomic mass is 9.47. The first-order valence-electron chi connectivity index (χ1n) is 10.7. The molecule has 0 aliphatic heterocycles. The van der Waals surface area contributed by atoms with E-state index in [0.29, 0.717) is 17.8 Å². The molecule has 0 aromatic rings. The number of carbonyl (C=O) groups is 2. The lowest BCUT2D eigenvalue weighted by Gasteiger charge is -2.57. The van der Waals surface area contributed by atoms with Crippen molar-refractivity contribution in [2.45, 2.75) is 84.8 Å². The van der Waals surface area contributed by atoms with Crippen molar-refractivity contribution >= 4 is 11.8 Å². The van der Waals surface area contributed by atoms with Crippen molar-refractivity contribution in [1.29, 1.82) is 0 Å². The number of Topliss-reactive ketones (excluding diaryl/α,β-unsaturated/α-hetero) is 1. The van der Waals surface area contributed by atoms with Crippen LogP contribution in [0.1, 0.15) is 72.6 Å². The van der Waals surface area contributed by atoms with Crippen LogP contribution in [0.15, 0.2) is 11.6 Å². The third-order valence-electron chi connectivity index (χ3n) is 8.86. The lowest BCUT2D eigenvalue weighted by molar-refractivity contribution is -0.149. The van der Waals surface area contributed by atoms with Gasteiger partial charge in [0, 0.05) is 19.3 Å². The number of allylic oxidation sites excluding steroid dienone is 1. The molecule has 0 saturated heterocycles. The molecule has 0 heterocycles. The summed E-state index contributed by atoms with van der Waals surface area (Å²) >= 11 is 0. The quantitative estimate of drug-likeness (QED) is 0.585. The van der Waals surface area contributed by atoms with E-state index in [-0.39, 0.29) is 34.6 Å². The number of hydrogen-bond acceptors (Lipinski definition) is 4. The van der Waals surface area contributed by atoms with Crippen LogP contribution in [0.5, 0.6) is 0 Å². The standard InChI is InChI=1S/C23H34O4/c1-13(24)21-20(26)12-19-17-6-5-15-11-16(27-14(2)25)7-9-22(15,3)18(17)8-10-23(19,21)4/h5,16-21,26H,6-12H2,1-4H3/t16-,17+,18-,19?,20-,21-,22-,23-/m0/s1. The number of hydrogen-bond donors (Lipinski definition) is 1. The summed E-state index contributed by atoms with van der Waals surface area (Å²) in [4.78, 5) is 23.6. The molecule has 4 aliphatic carbocycles. The summed E-state index contributed by atoms with van der Waals surface area (Å²) < 4.78 is 5.51. The van der Waals surface area contributed by atoms with Gasteiger partial charge in [0.2, 0.25) is 0 Å². The fraction of sp³-hybridized carbons (Fsp3) is 0.826. The fourth-order valence-corrected chi connectivity index (χ4v) is 7.71. The highest BCUT2D eigenvalue weighted by Gasteiger charge is 2.61. The molecule has 0 amide bonds. The van der Waals surface area contributed by atoms with Gasteiger partial charge in [0.15, 0.2) is 0 Å². The van der Waals surface area contributed by atoms with Gasteiger partial charge < -0.3 is 9.84 Å². The first kappa shape index (κ1) is 19.2. The minimum Gasteiger partial charge on any atom is -0.462 e. The Morgan fingerprint density at radius 3 is 2.56 bits per heavy atom. The highest BCUT2D eigenvalue weighted by atomic mass is 16.5. The smallest absolute Gasteiger partial charge is 0.302 e. The van der Waals surface area contributed by atoms with Gasteiger partial charge in [-0.3, -0.25) is 9.59 Å². The normalized spacial score (nSPS) is 48.7. The van der Waals surface area contributed by atoms with Crippen molar-refractivity contribution in [1.82, 2.24) is 0 Å². The van der Waals surface area contributed by atoms with E-state index in [0.717, 1.165) is 44.9 Å². The fourth-order valence-electron chi connectivity index (χ4n) is 7.71. The SMILES string of the molecule is CC(=O)O[C@H]1CC[C@@]2(C)C(=CC[C@H]3C4C[C@H](O)[C@H](C(C)=O)[C@@]4(C)CC[C@@H]32)C1. The second-order valence-corrected chi connectivity index (χ2v) is 10.2. The van der Waals surface area contributed by atoms with Crippen molar-refractivity contribution in [3.05, 3.63) is 11.6 Å². The molecule has 0 aromatic heterocycles. The molecule has 4 aliphatic rings.